The first-order chi connectivity index (χ1) is 15.4. The van der Waals surface area contributed by atoms with Crippen LogP contribution in [0, 0.1) is 13.8 Å². The Hall–Kier alpha value is -3.41. The number of hydrogen-bond donors (Lipinski definition) is 1. The number of rotatable bonds is 4. The molecule has 0 aliphatic carbocycles. The maximum atomic E-state index is 13.3. The SMILES string of the molecule is Cc1ccccc1C(=O)Nc1c(-c2ccccc2Cl)c(=O)c(C)nn1-c1cccc(Cl)c1. The van der Waals surface area contributed by atoms with Crippen LogP contribution < -0.4 is 10.7 Å². The zero-order valence-electron chi connectivity index (χ0n) is 17.4. The summed E-state index contributed by atoms with van der Waals surface area (Å²) in [6.45, 7) is 3.47. The molecule has 0 aliphatic heterocycles. The summed E-state index contributed by atoms with van der Waals surface area (Å²) >= 11 is 12.7. The number of aryl methyl sites for hydroxylation is 2. The van der Waals surface area contributed by atoms with Crippen LogP contribution in [0.5, 0.6) is 0 Å². The van der Waals surface area contributed by atoms with E-state index >= 15 is 0 Å². The van der Waals surface area contributed by atoms with Gasteiger partial charge >= 0.3 is 0 Å². The van der Waals surface area contributed by atoms with E-state index in [4.69, 9.17) is 23.2 Å². The van der Waals surface area contributed by atoms with Crippen molar-refractivity contribution in [1.29, 1.82) is 0 Å². The molecular weight excluding hydrogens is 445 g/mol. The van der Waals surface area contributed by atoms with Crippen LogP contribution in [0.2, 0.25) is 10.0 Å². The fraction of sp³-hybridized carbons (Fsp3) is 0.0800. The van der Waals surface area contributed by atoms with Gasteiger partial charge in [0.2, 0.25) is 5.43 Å². The molecule has 4 rings (SSSR count). The summed E-state index contributed by atoms with van der Waals surface area (Å²) < 4.78 is 1.51. The van der Waals surface area contributed by atoms with Crippen molar-refractivity contribution in [2.45, 2.75) is 13.8 Å². The Morgan fingerprint density at radius 2 is 1.66 bits per heavy atom. The summed E-state index contributed by atoms with van der Waals surface area (Å²) in [7, 11) is 0. The minimum Gasteiger partial charge on any atom is -0.306 e. The van der Waals surface area contributed by atoms with Gasteiger partial charge in [-0.25, -0.2) is 4.68 Å². The molecule has 0 radical (unpaired) electrons. The minimum atomic E-state index is -0.364. The second-order valence-corrected chi connectivity index (χ2v) is 8.12. The Labute approximate surface area is 195 Å². The summed E-state index contributed by atoms with van der Waals surface area (Å²) in [5.41, 5.74) is 2.58. The highest BCUT2D eigenvalue weighted by molar-refractivity contribution is 6.33. The van der Waals surface area contributed by atoms with Crippen LogP contribution in [0.4, 0.5) is 5.82 Å². The molecule has 32 heavy (non-hydrogen) atoms. The monoisotopic (exact) mass is 463 g/mol. The Kier molecular flexibility index (Phi) is 6.12. The van der Waals surface area contributed by atoms with Gasteiger partial charge in [0.25, 0.3) is 5.91 Å². The van der Waals surface area contributed by atoms with Gasteiger partial charge in [-0.05, 0) is 49.7 Å². The molecular formula is C25H19Cl2N3O2. The van der Waals surface area contributed by atoms with Crippen molar-refractivity contribution in [3.8, 4) is 16.8 Å². The van der Waals surface area contributed by atoms with Crippen molar-refractivity contribution in [3.63, 3.8) is 0 Å². The van der Waals surface area contributed by atoms with Gasteiger partial charge in [0, 0.05) is 21.2 Å². The van der Waals surface area contributed by atoms with E-state index in [2.05, 4.69) is 10.4 Å². The molecule has 1 N–H and O–H groups in total. The molecule has 0 fully saturated rings. The van der Waals surface area contributed by atoms with Gasteiger partial charge < -0.3 is 5.32 Å². The Balaban J connectivity index is 2.01. The quantitative estimate of drug-likeness (QED) is 0.399. The molecule has 0 aliphatic rings. The molecule has 0 saturated carbocycles. The van der Waals surface area contributed by atoms with E-state index in [1.54, 1.807) is 67.6 Å². The van der Waals surface area contributed by atoms with Crippen molar-refractivity contribution in [1.82, 2.24) is 9.78 Å². The van der Waals surface area contributed by atoms with Gasteiger partial charge in [-0.1, -0.05) is 65.7 Å². The van der Waals surface area contributed by atoms with Gasteiger partial charge in [-0.15, -0.1) is 0 Å². The number of hydrogen-bond acceptors (Lipinski definition) is 3. The van der Waals surface area contributed by atoms with Crippen LogP contribution >= 0.6 is 23.2 Å². The normalized spacial score (nSPS) is 10.8. The summed E-state index contributed by atoms with van der Waals surface area (Å²) in [4.78, 5) is 26.5. The van der Waals surface area contributed by atoms with Crippen molar-refractivity contribution < 1.29 is 4.79 Å². The zero-order valence-corrected chi connectivity index (χ0v) is 18.9. The summed E-state index contributed by atoms with van der Waals surface area (Å²) in [5, 5.41) is 8.25. The molecule has 0 unspecified atom stereocenters. The first-order valence-corrected chi connectivity index (χ1v) is 10.6. The number of anilines is 1. The molecule has 5 nitrogen and oxygen atoms in total. The summed E-state index contributed by atoms with van der Waals surface area (Å²) in [6.07, 6.45) is 0. The number of nitrogens with one attached hydrogen (secondary N) is 1. The molecule has 0 saturated heterocycles. The Morgan fingerprint density at radius 3 is 2.38 bits per heavy atom. The van der Waals surface area contributed by atoms with E-state index in [1.807, 2.05) is 19.1 Å². The van der Waals surface area contributed by atoms with E-state index in [-0.39, 0.29) is 28.4 Å². The second-order valence-electron chi connectivity index (χ2n) is 7.28. The maximum absolute atomic E-state index is 13.3. The summed E-state index contributed by atoms with van der Waals surface area (Å²) in [6, 6.07) is 21.2. The van der Waals surface area contributed by atoms with Crippen LogP contribution in [-0.2, 0) is 0 Å². The zero-order chi connectivity index (χ0) is 22.8. The standard InChI is InChI=1S/C25H19Cl2N3O2/c1-15-8-3-4-11-19(15)25(32)28-24-22(20-12-5-6-13-21(20)27)23(31)16(2)29-30(24)18-10-7-9-17(26)14-18/h3-14H,1-2H3,(H,28,32). The molecule has 4 aromatic rings. The van der Waals surface area contributed by atoms with Gasteiger partial charge in [-0.2, -0.15) is 5.10 Å². The molecule has 1 amide bonds. The molecule has 0 atom stereocenters. The van der Waals surface area contributed by atoms with Crippen molar-refractivity contribution in [3.05, 3.63) is 110 Å². The average Bonchev–Trinajstić information content (AvgIpc) is 2.77. The lowest BCUT2D eigenvalue weighted by Crippen LogP contribution is -2.25. The van der Waals surface area contributed by atoms with Crippen LogP contribution in [0.1, 0.15) is 21.6 Å². The molecule has 1 heterocycles. The van der Waals surface area contributed by atoms with Crippen molar-refractivity contribution in [2.75, 3.05) is 5.32 Å². The van der Waals surface area contributed by atoms with Crippen LogP contribution in [-0.4, -0.2) is 15.7 Å². The number of nitrogens with zero attached hydrogens (tertiary/aromatic N) is 2. The number of amides is 1. The third-order valence-corrected chi connectivity index (χ3v) is 5.64. The molecule has 0 bridgehead atoms. The topological polar surface area (TPSA) is 64.0 Å². The highest BCUT2D eigenvalue weighted by Gasteiger charge is 2.22. The molecule has 0 spiro atoms. The predicted octanol–water partition coefficient (Wildman–Crippen LogP) is 6.08. The molecule has 1 aromatic heterocycles. The van der Waals surface area contributed by atoms with Crippen LogP contribution in [0.15, 0.2) is 77.6 Å². The van der Waals surface area contributed by atoms with Gasteiger partial charge in [0.1, 0.15) is 11.5 Å². The lowest BCUT2D eigenvalue weighted by atomic mass is 10.0. The fourth-order valence-corrected chi connectivity index (χ4v) is 3.88. The predicted molar refractivity (Wildman–Crippen MR) is 129 cm³/mol. The van der Waals surface area contributed by atoms with E-state index in [1.165, 1.54) is 4.68 Å². The van der Waals surface area contributed by atoms with E-state index in [9.17, 15) is 9.59 Å². The number of halogens is 2. The van der Waals surface area contributed by atoms with Crippen molar-refractivity contribution >= 4 is 34.9 Å². The highest BCUT2D eigenvalue weighted by Crippen LogP contribution is 2.32. The van der Waals surface area contributed by atoms with Crippen molar-refractivity contribution in [2.24, 2.45) is 0 Å². The van der Waals surface area contributed by atoms with Gasteiger partial charge in [0.05, 0.1) is 11.3 Å². The molecule has 3 aromatic carbocycles. The fourth-order valence-electron chi connectivity index (χ4n) is 3.47. The highest BCUT2D eigenvalue weighted by atomic mass is 35.5. The first-order valence-electron chi connectivity index (χ1n) is 9.88. The minimum absolute atomic E-state index is 0.212. The van der Waals surface area contributed by atoms with Gasteiger partial charge in [-0.3, -0.25) is 9.59 Å². The second kappa shape index (κ2) is 8.99. The third kappa shape index (κ3) is 4.17. The number of benzene rings is 3. The molecule has 7 heteroatoms. The lowest BCUT2D eigenvalue weighted by Gasteiger charge is -2.19. The van der Waals surface area contributed by atoms with Crippen LogP contribution in [0.3, 0.4) is 0 Å². The smallest absolute Gasteiger partial charge is 0.257 e. The van der Waals surface area contributed by atoms with Crippen LogP contribution in [0.25, 0.3) is 16.8 Å². The third-order valence-electron chi connectivity index (χ3n) is 5.07. The number of carbonyl (C=O) groups excluding carboxylic acids is 1. The van der Waals surface area contributed by atoms with E-state index in [0.717, 1.165) is 5.56 Å². The number of aromatic nitrogens is 2. The number of carbonyl (C=O) groups is 1. The first kappa shape index (κ1) is 21.8. The average molecular weight is 464 g/mol. The molecule has 160 valence electrons. The van der Waals surface area contributed by atoms with E-state index < -0.39 is 0 Å². The Morgan fingerprint density at radius 1 is 0.938 bits per heavy atom. The summed E-state index contributed by atoms with van der Waals surface area (Å²) in [5.74, 6) is -0.151. The largest absolute Gasteiger partial charge is 0.306 e. The maximum Gasteiger partial charge on any atom is 0.257 e. The lowest BCUT2D eigenvalue weighted by molar-refractivity contribution is 0.102. The Bertz CT molecular complexity index is 1400. The van der Waals surface area contributed by atoms with E-state index in [0.29, 0.717) is 26.9 Å². The van der Waals surface area contributed by atoms with Gasteiger partial charge in [0.15, 0.2) is 0 Å².